The summed E-state index contributed by atoms with van der Waals surface area (Å²) in [6.07, 6.45) is 1.97. The third kappa shape index (κ3) is 3.57. The van der Waals surface area contributed by atoms with E-state index in [4.69, 9.17) is 5.11 Å². The number of nitrogens with one attached hydrogen (secondary N) is 1. The molecule has 0 bridgehead atoms. The normalized spacial score (nSPS) is 10.8. The van der Waals surface area contributed by atoms with Crippen LogP contribution in [-0.2, 0) is 6.54 Å². The number of carbonyl (C=O) groups is 1. The van der Waals surface area contributed by atoms with Crippen LogP contribution in [-0.4, -0.2) is 27.2 Å². The van der Waals surface area contributed by atoms with Crippen LogP contribution < -0.4 is 5.32 Å². The van der Waals surface area contributed by atoms with E-state index in [1.807, 2.05) is 24.5 Å². The van der Waals surface area contributed by atoms with Crippen LogP contribution in [0.15, 0.2) is 40.7 Å². The number of aromatic carboxylic acids is 1. The highest BCUT2D eigenvalue weighted by atomic mass is 32.2. The van der Waals surface area contributed by atoms with E-state index in [9.17, 15) is 14.9 Å². The number of thiazole rings is 1. The number of hydrogen-bond donors (Lipinski definition) is 2. The molecule has 2 aromatic carbocycles. The van der Waals surface area contributed by atoms with E-state index in [0.29, 0.717) is 12.2 Å². The van der Waals surface area contributed by atoms with Gasteiger partial charge in [-0.1, -0.05) is 23.9 Å². The minimum absolute atomic E-state index is 0.332. The van der Waals surface area contributed by atoms with Crippen LogP contribution >= 0.6 is 23.1 Å². The SMILES string of the molecule is CSc1nc2c(CNc3ccc(C(=O)O)c([N+](=O)[O-])c3)cccc2s1. The van der Waals surface area contributed by atoms with E-state index in [-0.39, 0.29) is 5.56 Å². The molecule has 0 unspecified atom stereocenters. The molecule has 3 rings (SSSR count). The average Bonchev–Trinajstić information content (AvgIpc) is 3.03. The molecule has 0 aliphatic carbocycles. The van der Waals surface area contributed by atoms with Crippen LogP contribution in [0.4, 0.5) is 11.4 Å². The molecule has 0 aliphatic rings. The first-order valence-corrected chi connectivity index (χ1v) is 9.21. The zero-order valence-corrected chi connectivity index (χ0v) is 14.7. The van der Waals surface area contributed by atoms with Crippen molar-refractivity contribution in [1.29, 1.82) is 0 Å². The average molecular weight is 375 g/mol. The van der Waals surface area contributed by atoms with Crippen molar-refractivity contribution in [3.8, 4) is 0 Å². The number of aromatic nitrogens is 1. The third-order valence-electron chi connectivity index (χ3n) is 3.57. The van der Waals surface area contributed by atoms with Crippen LogP contribution in [0.5, 0.6) is 0 Å². The fourth-order valence-electron chi connectivity index (χ4n) is 2.39. The number of fused-ring (bicyclic) bond motifs is 1. The maximum atomic E-state index is 11.1. The van der Waals surface area contributed by atoms with Crippen LogP contribution in [0.1, 0.15) is 15.9 Å². The van der Waals surface area contributed by atoms with Crippen LogP contribution in [0, 0.1) is 10.1 Å². The first-order chi connectivity index (χ1) is 12.0. The van der Waals surface area contributed by atoms with Gasteiger partial charge in [-0.2, -0.15) is 0 Å². The summed E-state index contributed by atoms with van der Waals surface area (Å²) in [7, 11) is 0. The van der Waals surface area contributed by atoms with Gasteiger partial charge in [0.2, 0.25) is 0 Å². The molecule has 0 spiro atoms. The van der Waals surface area contributed by atoms with E-state index in [2.05, 4.69) is 10.3 Å². The maximum absolute atomic E-state index is 11.1. The fourth-order valence-corrected chi connectivity index (χ4v) is 3.92. The topological polar surface area (TPSA) is 105 Å². The summed E-state index contributed by atoms with van der Waals surface area (Å²) in [6.45, 7) is 0.429. The molecule has 0 saturated heterocycles. The number of nitro groups is 1. The molecule has 3 aromatic rings. The number of para-hydroxylation sites is 1. The molecule has 7 nitrogen and oxygen atoms in total. The highest BCUT2D eigenvalue weighted by molar-refractivity contribution is 8.00. The van der Waals surface area contributed by atoms with Crippen molar-refractivity contribution in [3.63, 3.8) is 0 Å². The first-order valence-electron chi connectivity index (χ1n) is 7.17. The van der Waals surface area contributed by atoms with Crippen molar-refractivity contribution in [1.82, 2.24) is 4.98 Å². The van der Waals surface area contributed by atoms with Crippen molar-refractivity contribution in [2.75, 3.05) is 11.6 Å². The molecule has 25 heavy (non-hydrogen) atoms. The van der Waals surface area contributed by atoms with Crippen molar-refractivity contribution < 1.29 is 14.8 Å². The number of carboxylic acids is 1. The molecule has 0 saturated carbocycles. The predicted molar refractivity (Wildman–Crippen MR) is 98.8 cm³/mol. The zero-order chi connectivity index (χ0) is 18.0. The third-order valence-corrected chi connectivity index (χ3v) is 5.57. The molecule has 0 atom stereocenters. The lowest BCUT2D eigenvalue weighted by molar-refractivity contribution is -0.385. The Bertz CT molecular complexity index is 971. The standard InChI is InChI=1S/C16H13N3O4S2/c1-24-16-18-14-9(3-2-4-13(14)25-16)8-17-10-5-6-11(15(20)21)12(7-10)19(22)23/h2-7,17H,8H2,1H3,(H,20,21). The number of hydrogen-bond acceptors (Lipinski definition) is 7. The van der Waals surface area contributed by atoms with Crippen molar-refractivity contribution >= 4 is 50.7 Å². The second-order valence-corrected chi connectivity index (χ2v) is 7.18. The number of nitro benzene ring substituents is 1. The van der Waals surface area contributed by atoms with E-state index in [1.165, 1.54) is 18.2 Å². The molecule has 1 aromatic heterocycles. The molecular weight excluding hydrogens is 362 g/mol. The molecule has 2 N–H and O–H groups in total. The van der Waals surface area contributed by atoms with Gasteiger partial charge in [-0.05, 0) is 30.0 Å². The smallest absolute Gasteiger partial charge is 0.342 e. The quantitative estimate of drug-likeness (QED) is 0.377. The highest BCUT2D eigenvalue weighted by Crippen LogP contribution is 2.30. The van der Waals surface area contributed by atoms with Gasteiger partial charge in [0.15, 0.2) is 4.34 Å². The number of thioether (sulfide) groups is 1. The van der Waals surface area contributed by atoms with E-state index < -0.39 is 16.6 Å². The van der Waals surface area contributed by atoms with Gasteiger partial charge >= 0.3 is 5.97 Å². The van der Waals surface area contributed by atoms with Crippen molar-refractivity contribution in [2.24, 2.45) is 0 Å². The van der Waals surface area contributed by atoms with Crippen molar-refractivity contribution in [2.45, 2.75) is 10.9 Å². The number of anilines is 1. The van der Waals surface area contributed by atoms with E-state index >= 15 is 0 Å². The number of carboxylic acid groups (broad SMARTS) is 1. The molecule has 0 amide bonds. The highest BCUT2D eigenvalue weighted by Gasteiger charge is 2.20. The molecule has 0 fully saturated rings. The minimum Gasteiger partial charge on any atom is -0.477 e. The summed E-state index contributed by atoms with van der Waals surface area (Å²) >= 11 is 3.20. The van der Waals surface area contributed by atoms with Gasteiger partial charge in [0.25, 0.3) is 5.69 Å². The summed E-state index contributed by atoms with van der Waals surface area (Å²) in [5, 5.41) is 23.2. The van der Waals surface area contributed by atoms with Crippen LogP contribution in [0.3, 0.4) is 0 Å². The Balaban J connectivity index is 1.87. The summed E-state index contributed by atoms with van der Waals surface area (Å²) in [6, 6.07) is 9.88. The van der Waals surface area contributed by atoms with E-state index in [1.54, 1.807) is 23.1 Å². The van der Waals surface area contributed by atoms with Crippen molar-refractivity contribution in [3.05, 3.63) is 57.6 Å². The Hall–Kier alpha value is -2.65. The molecular formula is C16H13N3O4S2. The van der Waals surface area contributed by atoms with Gasteiger partial charge in [0.1, 0.15) is 5.56 Å². The Morgan fingerprint density at radius 1 is 1.40 bits per heavy atom. The first kappa shape index (κ1) is 17.2. The van der Waals surface area contributed by atoms with Gasteiger partial charge in [-0.25, -0.2) is 9.78 Å². The minimum atomic E-state index is -1.32. The molecule has 0 radical (unpaired) electrons. The lowest BCUT2D eigenvalue weighted by Crippen LogP contribution is -2.05. The summed E-state index contributed by atoms with van der Waals surface area (Å²) in [4.78, 5) is 26.0. The number of benzene rings is 2. The maximum Gasteiger partial charge on any atom is 0.342 e. The monoisotopic (exact) mass is 375 g/mol. The molecule has 9 heteroatoms. The summed E-state index contributed by atoms with van der Waals surface area (Å²) in [5.41, 5.74) is 1.59. The van der Waals surface area contributed by atoms with E-state index in [0.717, 1.165) is 20.1 Å². The predicted octanol–water partition coefficient (Wildman–Crippen LogP) is 4.24. The van der Waals surface area contributed by atoms with Crippen LogP contribution in [0.25, 0.3) is 10.2 Å². The largest absolute Gasteiger partial charge is 0.477 e. The summed E-state index contributed by atoms with van der Waals surface area (Å²) < 4.78 is 2.06. The Morgan fingerprint density at radius 3 is 2.88 bits per heavy atom. The second kappa shape index (κ2) is 7.08. The van der Waals surface area contributed by atoms with Gasteiger partial charge in [-0.15, -0.1) is 11.3 Å². The van der Waals surface area contributed by atoms with Gasteiger partial charge < -0.3 is 10.4 Å². The Labute approximate surface area is 150 Å². The van der Waals surface area contributed by atoms with Gasteiger partial charge in [0.05, 0.1) is 15.1 Å². The fraction of sp³-hybridized carbons (Fsp3) is 0.125. The summed E-state index contributed by atoms with van der Waals surface area (Å²) in [5.74, 6) is -1.32. The second-order valence-electron chi connectivity index (χ2n) is 5.10. The molecule has 0 aliphatic heterocycles. The number of rotatable bonds is 6. The molecule has 1 heterocycles. The van der Waals surface area contributed by atoms with Gasteiger partial charge in [0, 0.05) is 18.3 Å². The molecule has 128 valence electrons. The van der Waals surface area contributed by atoms with Crippen LogP contribution in [0.2, 0.25) is 0 Å². The zero-order valence-electron chi connectivity index (χ0n) is 13.1. The number of nitrogens with zero attached hydrogens (tertiary/aromatic N) is 2. The lowest BCUT2D eigenvalue weighted by Gasteiger charge is -2.08. The Kier molecular flexibility index (Phi) is 4.86. The Morgan fingerprint density at radius 2 is 2.20 bits per heavy atom. The lowest BCUT2D eigenvalue weighted by atomic mass is 10.1. The van der Waals surface area contributed by atoms with Gasteiger partial charge in [-0.3, -0.25) is 10.1 Å².